The predicted molar refractivity (Wildman–Crippen MR) is 94.9 cm³/mol. The van der Waals surface area contributed by atoms with Crippen molar-refractivity contribution in [2.45, 2.75) is 12.9 Å². The van der Waals surface area contributed by atoms with Gasteiger partial charge in [-0.3, -0.25) is 4.57 Å². The average Bonchev–Trinajstić information content (AvgIpc) is 3.11. The molecule has 0 unspecified atom stereocenters. The molecule has 4 aromatic rings. The van der Waals surface area contributed by atoms with Crippen LogP contribution in [0.1, 0.15) is 24.0 Å². The predicted octanol–water partition coefficient (Wildman–Crippen LogP) is 4.28. The SMILES string of the molecule is [2H]C([2H])([2H])[C@@]([2H])(O)c1ccc2c(c1)ncn2-c1cccc(-c2cccnc2F)c1. The van der Waals surface area contributed by atoms with Crippen LogP contribution in [0, 0.1) is 5.95 Å². The molecule has 2 aromatic carbocycles. The van der Waals surface area contributed by atoms with Crippen LogP contribution < -0.4 is 0 Å². The lowest BCUT2D eigenvalue weighted by molar-refractivity contribution is 0.199. The van der Waals surface area contributed by atoms with Crippen molar-refractivity contribution in [2.75, 3.05) is 0 Å². The van der Waals surface area contributed by atoms with Crippen LogP contribution in [0.25, 0.3) is 27.8 Å². The van der Waals surface area contributed by atoms with Crippen molar-refractivity contribution in [3.05, 3.63) is 78.6 Å². The van der Waals surface area contributed by atoms with Gasteiger partial charge in [-0.05, 0) is 54.4 Å². The maximum atomic E-state index is 14.0. The van der Waals surface area contributed by atoms with E-state index in [0.717, 1.165) is 5.69 Å². The molecule has 0 saturated carbocycles. The van der Waals surface area contributed by atoms with Crippen molar-refractivity contribution in [3.8, 4) is 16.8 Å². The molecule has 5 heteroatoms. The second-order valence-electron chi connectivity index (χ2n) is 5.56. The van der Waals surface area contributed by atoms with Gasteiger partial charge in [0.05, 0.1) is 18.5 Å². The van der Waals surface area contributed by atoms with Gasteiger partial charge >= 0.3 is 0 Å². The second-order valence-corrected chi connectivity index (χ2v) is 5.56. The number of halogens is 1. The maximum absolute atomic E-state index is 14.0. The quantitative estimate of drug-likeness (QED) is 0.568. The van der Waals surface area contributed by atoms with E-state index in [2.05, 4.69) is 9.97 Å². The van der Waals surface area contributed by atoms with Gasteiger partial charge in [0.2, 0.25) is 5.95 Å². The molecule has 4 rings (SSSR count). The topological polar surface area (TPSA) is 50.9 Å². The summed E-state index contributed by atoms with van der Waals surface area (Å²) >= 11 is 0. The molecule has 25 heavy (non-hydrogen) atoms. The lowest BCUT2D eigenvalue weighted by Crippen LogP contribution is -1.95. The fourth-order valence-electron chi connectivity index (χ4n) is 2.79. The third-order valence-electron chi connectivity index (χ3n) is 4.02. The van der Waals surface area contributed by atoms with Crippen LogP contribution in [0.3, 0.4) is 0 Å². The number of pyridine rings is 1. The van der Waals surface area contributed by atoms with Crippen molar-refractivity contribution in [3.63, 3.8) is 0 Å². The third-order valence-corrected chi connectivity index (χ3v) is 4.02. The molecular formula is C20H16FN3O. The molecule has 124 valence electrons. The number of hydrogen-bond acceptors (Lipinski definition) is 3. The molecule has 0 aliphatic heterocycles. The van der Waals surface area contributed by atoms with E-state index in [4.69, 9.17) is 5.48 Å². The molecular weight excluding hydrogens is 317 g/mol. The summed E-state index contributed by atoms with van der Waals surface area (Å²) in [6.07, 6.45) is 0.199. The Bertz CT molecular complexity index is 1200. The first-order valence-corrected chi connectivity index (χ1v) is 7.60. The average molecular weight is 337 g/mol. The Kier molecular flexibility index (Phi) is 2.81. The van der Waals surface area contributed by atoms with E-state index in [1.165, 1.54) is 18.3 Å². The third kappa shape index (κ3) is 2.79. The summed E-state index contributed by atoms with van der Waals surface area (Å²) in [5.41, 5.74) is 2.75. The summed E-state index contributed by atoms with van der Waals surface area (Å²) in [6.45, 7) is -2.90. The smallest absolute Gasteiger partial charge is 0.220 e. The monoisotopic (exact) mass is 337 g/mol. The molecule has 0 amide bonds. The summed E-state index contributed by atoms with van der Waals surface area (Å²) in [5.74, 6) is -0.566. The van der Waals surface area contributed by atoms with E-state index < -0.39 is 18.9 Å². The molecule has 4 nitrogen and oxygen atoms in total. The van der Waals surface area contributed by atoms with Crippen LogP contribution in [0.5, 0.6) is 0 Å². The van der Waals surface area contributed by atoms with E-state index >= 15 is 0 Å². The highest BCUT2D eigenvalue weighted by Crippen LogP contribution is 2.26. The Labute approximate surface area is 149 Å². The standard InChI is InChI=1S/C20H16FN3O/c1-13(25)14-7-8-19-18(11-14)23-12-24(19)16-5-2-4-15(10-16)17-6-3-9-22-20(17)21/h2-13,25H,1H3/t13-/m1/s1/i1D3,13D. The van der Waals surface area contributed by atoms with Crippen molar-refractivity contribution < 1.29 is 15.0 Å². The lowest BCUT2D eigenvalue weighted by atomic mass is 10.1. The van der Waals surface area contributed by atoms with Crippen LogP contribution in [0.2, 0.25) is 0 Å². The van der Waals surface area contributed by atoms with Crippen molar-refractivity contribution >= 4 is 11.0 Å². The van der Waals surface area contributed by atoms with E-state index in [-0.39, 0.29) is 5.56 Å². The van der Waals surface area contributed by atoms with Gasteiger partial charge in [-0.25, -0.2) is 9.97 Å². The maximum Gasteiger partial charge on any atom is 0.220 e. The minimum Gasteiger partial charge on any atom is -0.389 e. The van der Waals surface area contributed by atoms with Gasteiger partial charge in [0.1, 0.15) is 6.33 Å². The second kappa shape index (κ2) is 6.11. The molecule has 1 N–H and O–H groups in total. The number of imidazole rings is 1. The number of aliphatic hydroxyl groups is 1. The number of rotatable bonds is 3. The molecule has 0 spiro atoms. The summed E-state index contributed by atoms with van der Waals surface area (Å²) in [5, 5.41) is 10.1. The summed E-state index contributed by atoms with van der Waals surface area (Å²) in [6, 6.07) is 14.9. The first kappa shape index (κ1) is 11.5. The van der Waals surface area contributed by atoms with Gasteiger partial charge < -0.3 is 5.11 Å². The Hall–Kier alpha value is -3.05. The number of benzene rings is 2. The molecule has 0 aliphatic carbocycles. The van der Waals surface area contributed by atoms with E-state index in [0.29, 0.717) is 22.2 Å². The molecule has 1 atom stereocenters. The summed E-state index contributed by atoms with van der Waals surface area (Å²) < 4.78 is 45.8. The van der Waals surface area contributed by atoms with Gasteiger partial charge in [-0.1, -0.05) is 18.2 Å². The largest absolute Gasteiger partial charge is 0.389 e. The Balaban J connectivity index is 1.79. The molecule has 0 fully saturated rings. The van der Waals surface area contributed by atoms with Gasteiger partial charge in [0.25, 0.3) is 0 Å². The van der Waals surface area contributed by atoms with Gasteiger partial charge in [0, 0.05) is 21.6 Å². The fourth-order valence-corrected chi connectivity index (χ4v) is 2.79. The molecule has 2 heterocycles. The number of nitrogens with zero attached hydrogens (tertiary/aromatic N) is 3. The number of aromatic nitrogens is 3. The normalized spacial score (nSPS) is 16.6. The zero-order valence-electron chi connectivity index (χ0n) is 17.0. The van der Waals surface area contributed by atoms with E-state index in [1.54, 1.807) is 47.3 Å². The van der Waals surface area contributed by atoms with Crippen LogP contribution in [0.4, 0.5) is 4.39 Å². The van der Waals surface area contributed by atoms with Gasteiger partial charge in [0.15, 0.2) is 0 Å². The van der Waals surface area contributed by atoms with E-state index in [9.17, 15) is 9.50 Å². The highest BCUT2D eigenvalue weighted by molar-refractivity contribution is 5.79. The number of fused-ring (bicyclic) bond motifs is 1. The molecule has 0 aliphatic rings. The molecule has 2 aromatic heterocycles. The molecule has 0 radical (unpaired) electrons. The highest BCUT2D eigenvalue weighted by Gasteiger charge is 2.10. The minimum absolute atomic E-state index is 0.0681. The molecule has 0 bridgehead atoms. The van der Waals surface area contributed by atoms with Crippen molar-refractivity contribution in [1.29, 1.82) is 0 Å². The van der Waals surface area contributed by atoms with Crippen LogP contribution in [0.15, 0.2) is 67.1 Å². The first-order valence-electron chi connectivity index (χ1n) is 9.60. The summed E-state index contributed by atoms with van der Waals surface area (Å²) in [7, 11) is 0. The van der Waals surface area contributed by atoms with Crippen LogP contribution in [-0.4, -0.2) is 19.6 Å². The van der Waals surface area contributed by atoms with Crippen LogP contribution in [-0.2, 0) is 0 Å². The Morgan fingerprint density at radius 3 is 2.92 bits per heavy atom. The van der Waals surface area contributed by atoms with Crippen molar-refractivity contribution in [1.82, 2.24) is 14.5 Å². The van der Waals surface area contributed by atoms with Crippen molar-refractivity contribution in [2.24, 2.45) is 0 Å². The zero-order valence-corrected chi connectivity index (χ0v) is 13.0. The highest BCUT2D eigenvalue weighted by atomic mass is 19.1. The lowest BCUT2D eigenvalue weighted by Gasteiger charge is -2.09. The fraction of sp³-hybridized carbons (Fsp3) is 0.100. The van der Waals surface area contributed by atoms with Crippen LogP contribution >= 0.6 is 0 Å². The minimum atomic E-state index is -2.90. The molecule has 0 saturated heterocycles. The van der Waals surface area contributed by atoms with E-state index in [1.807, 2.05) is 6.07 Å². The summed E-state index contributed by atoms with van der Waals surface area (Å²) in [4.78, 5) is 7.95. The Morgan fingerprint density at radius 1 is 1.16 bits per heavy atom. The van der Waals surface area contributed by atoms with Gasteiger partial charge in [-0.2, -0.15) is 4.39 Å². The first-order chi connectivity index (χ1) is 13.7. The Morgan fingerprint density at radius 2 is 2.08 bits per heavy atom. The number of hydrogen-bond donors (Lipinski definition) is 1. The zero-order chi connectivity index (χ0) is 20.8. The van der Waals surface area contributed by atoms with Gasteiger partial charge in [-0.15, -0.1) is 0 Å².